The van der Waals surface area contributed by atoms with Gasteiger partial charge in [-0.1, -0.05) is 30.3 Å². The lowest BCUT2D eigenvalue weighted by Gasteiger charge is -2.21. The van der Waals surface area contributed by atoms with Crippen molar-refractivity contribution in [2.45, 2.75) is 38.1 Å². The standard InChI is InChI=1S/C17H24N2O2/c1-14(20)11-16(15-7-4-3-5-8-15)12-18-19-10-6-9-17(19)13-21-2/h3-5,7-8,12,16-17H,6,9-11,13H2,1-2H3/b18-12+/t16-,17-/m0/s1. The van der Waals surface area contributed by atoms with E-state index in [0.717, 1.165) is 24.9 Å². The minimum atomic E-state index is 0.0486. The van der Waals surface area contributed by atoms with Gasteiger partial charge in [0.1, 0.15) is 5.78 Å². The smallest absolute Gasteiger partial charge is 0.130 e. The normalized spacial score (nSPS) is 20.1. The molecule has 1 heterocycles. The van der Waals surface area contributed by atoms with E-state index in [-0.39, 0.29) is 11.7 Å². The van der Waals surface area contributed by atoms with E-state index < -0.39 is 0 Å². The molecule has 1 saturated heterocycles. The highest BCUT2D eigenvalue weighted by Gasteiger charge is 2.23. The van der Waals surface area contributed by atoms with Crippen molar-refractivity contribution in [1.82, 2.24) is 5.01 Å². The van der Waals surface area contributed by atoms with Crippen molar-refractivity contribution in [2.75, 3.05) is 20.3 Å². The molecule has 1 aliphatic rings. The summed E-state index contributed by atoms with van der Waals surface area (Å²) in [6.07, 6.45) is 4.68. The number of hydrazone groups is 1. The summed E-state index contributed by atoms with van der Waals surface area (Å²) in [6.45, 7) is 3.31. The molecule has 4 nitrogen and oxygen atoms in total. The Bertz CT molecular complexity index is 473. The van der Waals surface area contributed by atoms with Crippen molar-refractivity contribution in [1.29, 1.82) is 0 Å². The van der Waals surface area contributed by atoms with Gasteiger partial charge in [-0.2, -0.15) is 5.10 Å². The third-order valence-electron chi connectivity index (χ3n) is 3.84. The number of ketones is 1. The van der Waals surface area contributed by atoms with Gasteiger partial charge in [0, 0.05) is 32.2 Å². The summed E-state index contributed by atoms with van der Waals surface area (Å²) < 4.78 is 5.24. The van der Waals surface area contributed by atoms with E-state index in [2.05, 4.69) is 22.2 Å². The molecule has 4 heteroatoms. The van der Waals surface area contributed by atoms with Crippen LogP contribution < -0.4 is 0 Å². The van der Waals surface area contributed by atoms with Gasteiger partial charge in [0.05, 0.1) is 12.6 Å². The zero-order chi connectivity index (χ0) is 15.1. The second-order valence-corrected chi connectivity index (χ2v) is 5.60. The number of ether oxygens (including phenoxy) is 1. The summed E-state index contributed by atoms with van der Waals surface area (Å²) in [7, 11) is 1.72. The van der Waals surface area contributed by atoms with E-state index in [4.69, 9.17) is 4.74 Å². The number of methoxy groups -OCH3 is 1. The Kier molecular flexibility index (Phi) is 5.93. The van der Waals surface area contributed by atoms with Crippen LogP contribution in [0.4, 0.5) is 0 Å². The Morgan fingerprint density at radius 2 is 2.24 bits per heavy atom. The molecule has 1 aromatic rings. The number of nitrogens with zero attached hydrogens (tertiary/aromatic N) is 2. The minimum absolute atomic E-state index is 0.0486. The Morgan fingerprint density at radius 1 is 1.48 bits per heavy atom. The molecular formula is C17H24N2O2. The Hall–Kier alpha value is -1.68. The molecule has 21 heavy (non-hydrogen) atoms. The van der Waals surface area contributed by atoms with E-state index in [1.807, 2.05) is 24.4 Å². The van der Waals surface area contributed by atoms with E-state index in [1.54, 1.807) is 14.0 Å². The number of hydrogen-bond donors (Lipinski definition) is 0. The molecule has 0 radical (unpaired) electrons. The van der Waals surface area contributed by atoms with Gasteiger partial charge in [-0.3, -0.25) is 9.80 Å². The quantitative estimate of drug-likeness (QED) is 0.725. The monoisotopic (exact) mass is 288 g/mol. The minimum Gasteiger partial charge on any atom is -0.382 e. The van der Waals surface area contributed by atoms with Gasteiger partial charge < -0.3 is 4.74 Å². The van der Waals surface area contributed by atoms with Crippen LogP contribution in [0, 0.1) is 0 Å². The lowest BCUT2D eigenvalue weighted by Crippen LogP contribution is -2.28. The summed E-state index contributed by atoms with van der Waals surface area (Å²) >= 11 is 0. The van der Waals surface area contributed by atoms with Crippen molar-refractivity contribution in [2.24, 2.45) is 5.10 Å². The lowest BCUT2D eigenvalue weighted by atomic mass is 9.95. The Labute approximate surface area is 126 Å². The van der Waals surface area contributed by atoms with Crippen molar-refractivity contribution in [3.8, 4) is 0 Å². The summed E-state index contributed by atoms with van der Waals surface area (Å²) in [5, 5.41) is 6.73. The Morgan fingerprint density at radius 3 is 2.90 bits per heavy atom. The fraction of sp³-hybridized carbons (Fsp3) is 0.529. The van der Waals surface area contributed by atoms with Gasteiger partial charge >= 0.3 is 0 Å². The third-order valence-corrected chi connectivity index (χ3v) is 3.84. The van der Waals surface area contributed by atoms with Crippen LogP contribution in [0.2, 0.25) is 0 Å². The molecule has 1 fully saturated rings. The van der Waals surface area contributed by atoms with Gasteiger partial charge in [0.2, 0.25) is 0 Å². The third kappa shape index (κ3) is 4.67. The number of rotatable bonds is 7. The van der Waals surface area contributed by atoms with Gasteiger partial charge in [-0.05, 0) is 25.3 Å². The van der Waals surface area contributed by atoms with E-state index >= 15 is 0 Å². The van der Waals surface area contributed by atoms with Crippen LogP contribution in [-0.2, 0) is 9.53 Å². The topological polar surface area (TPSA) is 41.9 Å². The van der Waals surface area contributed by atoms with E-state index in [0.29, 0.717) is 19.1 Å². The lowest BCUT2D eigenvalue weighted by molar-refractivity contribution is -0.117. The first-order valence-corrected chi connectivity index (χ1v) is 7.54. The highest BCUT2D eigenvalue weighted by atomic mass is 16.5. The SMILES string of the molecule is COC[C@@H]1CCCN1/N=C/[C@H](CC(C)=O)c1ccccc1. The molecule has 2 atom stereocenters. The van der Waals surface area contributed by atoms with Crippen LogP contribution in [0.5, 0.6) is 0 Å². The van der Waals surface area contributed by atoms with Crippen molar-refractivity contribution in [3.05, 3.63) is 35.9 Å². The summed E-state index contributed by atoms with van der Waals surface area (Å²) in [6, 6.07) is 10.5. The van der Waals surface area contributed by atoms with Gasteiger partial charge in [0.25, 0.3) is 0 Å². The first kappa shape index (κ1) is 15.7. The molecule has 0 bridgehead atoms. The maximum absolute atomic E-state index is 11.5. The first-order chi connectivity index (χ1) is 10.2. The summed E-state index contributed by atoms with van der Waals surface area (Å²) in [5.74, 6) is 0.234. The molecule has 0 amide bonds. The van der Waals surface area contributed by atoms with E-state index in [1.165, 1.54) is 0 Å². The molecule has 0 spiro atoms. The summed E-state index contributed by atoms with van der Waals surface area (Å²) in [5.41, 5.74) is 1.14. The fourth-order valence-corrected chi connectivity index (χ4v) is 2.77. The number of Topliss-reactive ketones (excluding diaryl/α,β-unsaturated/α-hetero) is 1. The van der Waals surface area contributed by atoms with Crippen LogP contribution >= 0.6 is 0 Å². The number of benzene rings is 1. The molecule has 0 aliphatic carbocycles. The number of hydrogen-bond acceptors (Lipinski definition) is 4. The molecule has 1 aromatic carbocycles. The second-order valence-electron chi connectivity index (χ2n) is 5.60. The average Bonchev–Trinajstić information content (AvgIpc) is 2.92. The van der Waals surface area contributed by atoms with Crippen LogP contribution in [0.3, 0.4) is 0 Å². The molecule has 0 N–H and O–H groups in total. The largest absolute Gasteiger partial charge is 0.382 e. The van der Waals surface area contributed by atoms with Crippen molar-refractivity contribution < 1.29 is 9.53 Å². The van der Waals surface area contributed by atoms with Gasteiger partial charge in [0.15, 0.2) is 0 Å². The molecule has 114 valence electrons. The molecule has 1 aliphatic heterocycles. The van der Waals surface area contributed by atoms with Crippen LogP contribution in [0.1, 0.15) is 37.7 Å². The molecule has 0 unspecified atom stereocenters. The van der Waals surface area contributed by atoms with Crippen molar-refractivity contribution in [3.63, 3.8) is 0 Å². The average molecular weight is 288 g/mol. The predicted octanol–water partition coefficient (Wildman–Crippen LogP) is 2.85. The molecule has 0 aromatic heterocycles. The van der Waals surface area contributed by atoms with Gasteiger partial charge in [-0.25, -0.2) is 0 Å². The highest BCUT2D eigenvalue weighted by molar-refractivity contribution is 5.82. The number of carbonyl (C=O) groups excluding carboxylic acids is 1. The summed E-state index contributed by atoms with van der Waals surface area (Å²) in [4.78, 5) is 11.5. The van der Waals surface area contributed by atoms with Crippen LogP contribution in [0.25, 0.3) is 0 Å². The predicted molar refractivity (Wildman–Crippen MR) is 84.6 cm³/mol. The highest BCUT2D eigenvalue weighted by Crippen LogP contribution is 2.21. The van der Waals surface area contributed by atoms with Crippen molar-refractivity contribution >= 4 is 12.0 Å². The molecule has 0 saturated carbocycles. The second kappa shape index (κ2) is 7.93. The zero-order valence-electron chi connectivity index (χ0n) is 12.9. The van der Waals surface area contributed by atoms with Gasteiger partial charge in [-0.15, -0.1) is 0 Å². The first-order valence-electron chi connectivity index (χ1n) is 7.54. The molecule has 2 rings (SSSR count). The van der Waals surface area contributed by atoms with Crippen LogP contribution in [-0.4, -0.2) is 43.3 Å². The molecular weight excluding hydrogens is 264 g/mol. The van der Waals surface area contributed by atoms with Crippen LogP contribution in [0.15, 0.2) is 35.4 Å². The maximum Gasteiger partial charge on any atom is 0.130 e. The Balaban J connectivity index is 2.07. The fourth-order valence-electron chi connectivity index (χ4n) is 2.77. The zero-order valence-corrected chi connectivity index (χ0v) is 12.9. The van der Waals surface area contributed by atoms with E-state index in [9.17, 15) is 4.79 Å². The number of carbonyl (C=O) groups is 1. The maximum atomic E-state index is 11.5.